The van der Waals surface area contributed by atoms with Gasteiger partial charge >= 0.3 is 0 Å². The topological polar surface area (TPSA) is 55.5 Å². The summed E-state index contributed by atoms with van der Waals surface area (Å²) in [4.78, 5) is 0. The normalized spacial score (nSPS) is 43.1. The van der Waals surface area contributed by atoms with Gasteiger partial charge in [-0.05, 0) is 64.7 Å². The molecule has 3 nitrogen and oxygen atoms in total. The summed E-state index contributed by atoms with van der Waals surface area (Å²) in [7, 11) is 0. The van der Waals surface area contributed by atoms with E-state index in [9.17, 15) is 5.11 Å². The maximum Gasteiger partial charge on any atom is 0.0735 e. The molecule has 3 heteroatoms. The van der Waals surface area contributed by atoms with Crippen LogP contribution < -0.4 is 5.73 Å². The van der Waals surface area contributed by atoms with Crippen LogP contribution in [0.5, 0.6) is 0 Å². The van der Waals surface area contributed by atoms with Gasteiger partial charge in [-0.1, -0.05) is 19.3 Å². The van der Waals surface area contributed by atoms with Crippen molar-refractivity contribution in [1.29, 1.82) is 0 Å². The number of ether oxygens (including phenoxy) is 1. The van der Waals surface area contributed by atoms with Crippen LogP contribution >= 0.6 is 0 Å². The Morgan fingerprint density at radius 1 is 1.14 bits per heavy atom. The number of aliphatic hydroxyl groups is 1. The Kier molecular flexibility index (Phi) is 4.13. The highest BCUT2D eigenvalue weighted by Gasteiger charge is 2.62. The zero-order chi connectivity index (χ0) is 15.1. The summed E-state index contributed by atoms with van der Waals surface area (Å²) in [5.41, 5.74) is 6.67. The summed E-state index contributed by atoms with van der Waals surface area (Å²) >= 11 is 0. The molecule has 122 valence electrons. The third kappa shape index (κ3) is 2.66. The number of fused-ring (bicyclic) bond motifs is 3. The van der Waals surface area contributed by atoms with Gasteiger partial charge in [-0.15, -0.1) is 0 Å². The molecule has 3 N–H and O–H groups in total. The van der Waals surface area contributed by atoms with Crippen molar-refractivity contribution >= 4 is 0 Å². The molecule has 3 unspecified atom stereocenters. The fourth-order valence-corrected chi connectivity index (χ4v) is 5.90. The molecule has 0 aromatic rings. The van der Waals surface area contributed by atoms with Gasteiger partial charge in [0.25, 0.3) is 0 Å². The van der Waals surface area contributed by atoms with E-state index >= 15 is 0 Å². The molecule has 4 aliphatic rings. The summed E-state index contributed by atoms with van der Waals surface area (Å²) in [6, 6.07) is 0. The number of rotatable bonds is 4. The lowest BCUT2D eigenvalue weighted by atomic mass is 9.53. The Bertz CT molecular complexity index is 377. The summed E-state index contributed by atoms with van der Waals surface area (Å²) in [5.74, 6) is 1.13. The van der Waals surface area contributed by atoms with Gasteiger partial charge in [0, 0.05) is 18.1 Å². The van der Waals surface area contributed by atoms with E-state index in [2.05, 4.69) is 13.8 Å². The molecule has 21 heavy (non-hydrogen) atoms. The van der Waals surface area contributed by atoms with E-state index in [0.29, 0.717) is 11.8 Å². The second-order valence-electron chi connectivity index (χ2n) is 8.43. The molecular formula is C18H33NO2. The molecule has 2 saturated heterocycles. The lowest BCUT2D eigenvalue weighted by molar-refractivity contribution is -0.285. The quantitative estimate of drug-likeness (QED) is 0.836. The molecule has 0 amide bonds. The van der Waals surface area contributed by atoms with Gasteiger partial charge in [-0.25, -0.2) is 0 Å². The molecule has 2 bridgehead atoms. The molecular weight excluding hydrogens is 262 g/mol. The van der Waals surface area contributed by atoms with Crippen LogP contribution in [0.4, 0.5) is 0 Å². The molecule has 3 atom stereocenters. The van der Waals surface area contributed by atoms with E-state index in [-0.39, 0.29) is 23.3 Å². The molecule has 2 saturated carbocycles. The van der Waals surface area contributed by atoms with E-state index in [0.717, 1.165) is 19.3 Å². The summed E-state index contributed by atoms with van der Waals surface area (Å²) < 4.78 is 6.73. The van der Waals surface area contributed by atoms with Gasteiger partial charge in [-0.3, -0.25) is 0 Å². The van der Waals surface area contributed by atoms with Crippen molar-refractivity contribution in [3.8, 4) is 0 Å². The number of hydrogen-bond acceptors (Lipinski definition) is 3. The predicted octanol–water partition coefficient (Wildman–Crippen LogP) is 3.38. The molecule has 2 aliphatic heterocycles. The maximum atomic E-state index is 9.24. The second kappa shape index (κ2) is 5.50. The average molecular weight is 295 g/mol. The van der Waals surface area contributed by atoms with Crippen LogP contribution in [0.15, 0.2) is 0 Å². The van der Waals surface area contributed by atoms with Crippen LogP contribution in [0.1, 0.15) is 78.1 Å². The van der Waals surface area contributed by atoms with E-state index in [1.807, 2.05) is 0 Å². The molecule has 4 fully saturated rings. The number of nitrogens with two attached hydrogens (primary N) is 1. The van der Waals surface area contributed by atoms with Crippen molar-refractivity contribution in [2.24, 2.45) is 17.6 Å². The Balaban J connectivity index is 1.87. The first-order valence-corrected chi connectivity index (χ1v) is 9.02. The third-order valence-electron chi connectivity index (χ3n) is 6.63. The minimum absolute atomic E-state index is 0.0167. The summed E-state index contributed by atoms with van der Waals surface area (Å²) in [6.07, 6.45) is 11.9. The molecule has 0 aromatic carbocycles. The van der Waals surface area contributed by atoms with Crippen LogP contribution in [-0.2, 0) is 4.74 Å². The number of hydrogen-bond donors (Lipinski definition) is 2. The van der Waals surface area contributed by atoms with Gasteiger partial charge in [0.2, 0.25) is 0 Å². The molecule has 4 rings (SSSR count). The predicted molar refractivity (Wildman–Crippen MR) is 85.0 cm³/mol. The van der Waals surface area contributed by atoms with Crippen LogP contribution in [0, 0.1) is 11.8 Å². The Morgan fingerprint density at radius 2 is 1.86 bits per heavy atom. The lowest BCUT2D eigenvalue weighted by Gasteiger charge is -2.65. The molecule has 0 radical (unpaired) electrons. The number of aliphatic hydroxyl groups excluding tert-OH is 1. The second-order valence-corrected chi connectivity index (χ2v) is 8.43. The minimum atomic E-state index is -0.139. The van der Waals surface area contributed by atoms with Crippen molar-refractivity contribution in [2.75, 3.05) is 6.61 Å². The molecule has 0 spiro atoms. The minimum Gasteiger partial charge on any atom is -0.396 e. The fourth-order valence-electron chi connectivity index (χ4n) is 5.90. The highest BCUT2D eigenvalue weighted by molar-refractivity contribution is 5.15. The lowest BCUT2D eigenvalue weighted by Crippen LogP contribution is -2.71. The SMILES string of the molecule is CC1(C)OC2(C3CCCCC3)CCC1C(N)(CCCO)C2. The Hall–Kier alpha value is -0.120. The van der Waals surface area contributed by atoms with Crippen molar-refractivity contribution in [3.63, 3.8) is 0 Å². The van der Waals surface area contributed by atoms with Gasteiger partial charge < -0.3 is 15.6 Å². The van der Waals surface area contributed by atoms with Crippen LogP contribution in [0.3, 0.4) is 0 Å². The van der Waals surface area contributed by atoms with Crippen LogP contribution in [-0.4, -0.2) is 28.5 Å². The van der Waals surface area contributed by atoms with Crippen molar-refractivity contribution < 1.29 is 9.84 Å². The van der Waals surface area contributed by atoms with Crippen molar-refractivity contribution in [1.82, 2.24) is 0 Å². The maximum absolute atomic E-state index is 9.24. The first kappa shape index (κ1) is 15.8. The zero-order valence-electron chi connectivity index (χ0n) is 13.9. The largest absolute Gasteiger partial charge is 0.396 e. The summed E-state index contributed by atoms with van der Waals surface area (Å²) in [6.45, 7) is 4.74. The highest BCUT2D eigenvalue weighted by Crippen LogP contribution is 2.59. The molecule has 2 heterocycles. The Morgan fingerprint density at radius 3 is 2.48 bits per heavy atom. The van der Waals surface area contributed by atoms with E-state index in [1.54, 1.807) is 0 Å². The van der Waals surface area contributed by atoms with Crippen molar-refractivity contribution in [2.45, 2.75) is 94.8 Å². The monoisotopic (exact) mass is 295 g/mol. The van der Waals surface area contributed by atoms with Crippen LogP contribution in [0.2, 0.25) is 0 Å². The van der Waals surface area contributed by atoms with Crippen molar-refractivity contribution in [3.05, 3.63) is 0 Å². The highest BCUT2D eigenvalue weighted by atomic mass is 16.5. The van der Waals surface area contributed by atoms with E-state index < -0.39 is 0 Å². The first-order chi connectivity index (χ1) is 9.92. The smallest absolute Gasteiger partial charge is 0.0735 e. The van der Waals surface area contributed by atoms with Gasteiger partial charge in [0.05, 0.1) is 11.2 Å². The Labute approximate surface area is 129 Å². The van der Waals surface area contributed by atoms with Gasteiger partial charge in [-0.2, -0.15) is 0 Å². The zero-order valence-corrected chi connectivity index (χ0v) is 13.9. The van der Waals surface area contributed by atoms with E-state index in [1.165, 1.54) is 44.9 Å². The standard InChI is InChI=1S/C18H33NO2/c1-16(2)15-9-11-18(21-16,14-7-4-3-5-8-14)13-17(15,19)10-6-12-20/h14-15,20H,3-13,19H2,1-2H3. The average Bonchev–Trinajstić information content (AvgIpc) is 2.45. The molecule has 2 aliphatic carbocycles. The summed E-state index contributed by atoms with van der Waals surface area (Å²) in [5, 5.41) is 9.24. The fraction of sp³-hybridized carbons (Fsp3) is 1.00. The third-order valence-corrected chi connectivity index (χ3v) is 6.63. The molecule has 0 aromatic heterocycles. The van der Waals surface area contributed by atoms with Gasteiger partial charge in [0.15, 0.2) is 0 Å². The van der Waals surface area contributed by atoms with E-state index in [4.69, 9.17) is 10.5 Å². The van der Waals surface area contributed by atoms with Crippen LogP contribution in [0.25, 0.3) is 0 Å². The van der Waals surface area contributed by atoms with Gasteiger partial charge in [0.1, 0.15) is 0 Å². The first-order valence-electron chi connectivity index (χ1n) is 9.02.